The van der Waals surface area contributed by atoms with Crippen LogP contribution in [0.15, 0.2) is 0 Å². The first kappa shape index (κ1) is 12.0. The highest BCUT2D eigenvalue weighted by Gasteiger charge is 2.39. The summed E-state index contributed by atoms with van der Waals surface area (Å²) in [6.07, 6.45) is 0. The summed E-state index contributed by atoms with van der Waals surface area (Å²) >= 11 is 0. The number of rotatable bonds is 2. The molecule has 1 fully saturated rings. The van der Waals surface area contributed by atoms with Gasteiger partial charge < -0.3 is 15.0 Å². The van der Waals surface area contributed by atoms with E-state index in [1.54, 1.807) is 11.8 Å². The molecule has 1 unspecified atom stereocenters. The monoisotopic (exact) mass is 214 g/mol. The summed E-state index contributed by atoms with van der Waals surface area (Å²) in [4.78, 5) is 24.9. The molecule has 1 rings (SSSR count). The van der Waals surface area contributed by atoms with Crippen molar-refractivity contribution in [2.45, 2.75) is 32.4 Å². The lowest BCUT2D eigenvalue weighted by Crippen LogP contribution is -2.64. The summed E-state index contributed by atoms with van der Waals surface area (Å²) in [5, 5.41) is 3.11. The van der Waals surface area contributed by atoms with Gasteiger partial charge in [0.25, 0.3) is 0 Å². The molecule has 5 heteroatoms. The van der Waals surface area contributed by atoms with E-state index >= 15 is 0 Å². The molecule has 0 bridgehead atoms. The molecule has 0 aliphatic carbocycles. The van der Waals surface area contributed by atoms with Crippen molar-refractivity contribution in [1.29, 1.82) is 0 Å². The number of nitrogens with zero attached hydrogens (tertiary/aromatic N) is 1. The number of amides is 1. The largest absolute Gasteiger partial charge is 0.467 e. The number of nitrogens with one attached hydrogen (secondary N) is 1. The van der Waals surface area contributed by atoms with Crippen LogP contribution in [0.1, 0.15) is 20.8 Å². The lowest BCUT2D eigenvalue weighted by Gasteiger charge is -2.40. The minimum Gasteiger partial charge on any atom is -0.467 e. The molecule has 1 aliphatic rings. The van der Waals surface area contributed by atoms with Gasteiger partial charge in [-0.2, -0.15) is 0 Å². The maximum absolute atomic E-state index is 12.0. The number of hydrogen-bond acceptors (Lipinski definition) is 4. The minimum atomic E-state index is -0.597. The summed E-state index contributed by atoms with van der Waals surface area (Å²) in [6, 6.07) is -0.510. The first-order valence-electron chi connectivity index (χ1n) is 5.04. The molecule has 1 heterocycles. The summed E-state index contributed by atoms with van der Waals surface area (Å²) in [7, 11) is 1.33. The van der Waals surface area contributed by atoms with Crippen molar-refractivity contribution in [2.75, 3.05) is 20.2 Å². The molecule has 1 atom stereocenters. The van der Waals surface area contributed by atoms with Crippen LogP contribution in [0.3, 0.4) is 0 Å². The molecule has 0 radical (unpaired) electrons. The number of carbonyl (C=O) groups is 2. The normalized spacial score (nSPS) is 22.4. The van der Waals surface area contributed by atoms with Crippen LogP contribution in [0.4, 0.5) is 0 Å². The van der Waals surface area contributed by atoms with Gasteiger partial charge in [0.2, 0.25) is 5.91 Å². The summed E-state index contributed by atoms with van der Waals surface area (Å²) < 4.78 is 4.63. The Balaban J connectivity index is 2.78. The number of esters is 1. The number of carbonyl (C=O) groups excluding carboxylic acids is 2. The van der Waals surface area contributed by atoms with Crippen molar-refractivity contribution in [3.8, 4) is 0 Å². The fourth-order valence-corrected chi connectivity index (χ4v) is 1.69. The Hall–Kier alpha value is -1.10. The minimum absolute atomic E-state index is 0.0633. The van der Waals surface area contributed by atoms with E-state index in [9.17, 15) is 9.59 Å². The SMILES string of the molecule is COC(=O)C(C)N1CCNC(C)(C)C1=O. The maximum Gasteiger partial charge on any atom is 0.328 e. The van der Waals surface area contributed by atoms with Crippen LogP contribution in [0, 0.1) is 0 Å². The van der Waals surface area contributed by atoms with Gasteiger partial charge in [0.1, 0.15) is 6.04 Å². The van der Waals surface area contributed by atoms with Gasteiger partial charge in [0.05, 0.1) is 12.6 Å². The van der Waals surface area contributed by atoms with E-state index in [0.717, 1.165) is 0 Å². The smallest absolute Gasteiger partial charge is 0.328 e. The van der Waals surface area contributed by atoms with Gasteiger partial charge in [0, 0.05) is 13.1 Å². The maximum atomic E-state index is 12.0. The average molecular weight is 214 g/mol. The highest BCUT2D eigenvalue weighted by atomic mass is 16.5. The molecule has 1 amide bonds. The van der Waals surface area contributed by atoms with Crippen LogP contribution < -0.4 is 5.32 Å². The molecule has 0 saturated carbocycles. The Morgan fingerprint density at radius 3 is 2.73 bits per heavy atom. The topological polar surface area (TPSA) is 58.6 Å². The molecule has 15 heavy (non-hydrogen) atoms. The third-order valence-electron chi connectivity index (χ3n) is 2.72. The summed E-state index contributed by atoms with van der Waals surface area (Å²) in [6.45, 7) is 6.54. The molecule has 0 aromatic carbocycles. The van der Waals surface area contributed by atoms with Crippen LogP contribution in [-0.4, -0.2) is 48.6 Å². The van der Waals surface area contributed by atoms with Crippen molar-refractivity contribution >= 4 is 11.9 Å². The van der Waals surface area contributed by atoms with Crippen molar-refractivity contribution in [3.05, 3.63) is 0 Å². The van der Waals surface area contributed by atoms with E-state index in [1.807, 2.05) is 13.8 Å². The fourth-order valence-electron chi connectivity index (χ4n) is 1.69. The Morgan fingerprint density at radius 1 is 1.60 bits per heavy atom. The third kappa shape index (κ3) is 2.28. The second-order valence-corrected chi connectivity index (χ2v) is 4.25. The summed E-state index contributed by atoms with van der Waals surface area (Å²) in [5.41, 5.74) is -0.597. The predicted molar refractivity (Wildman–Crippen MR) is 55.3 cm³/mol. The zero-order valence-electron chi connectivity index (χ0n) is 9.66. The van der Waals surface area contributed by atoms with Gasteiger partial charge in [-0.25, -0.2) is 4.79 Å². The quantitative estimate of drug-likeness (QED) is 0.644. The second kappa shape index (κ2) is 4.18. The van der Waals surface area contributed by atoms with E-state index in [4.69, 9.17) is 0 Å². The number of ether oxygens (including phenoxy) is 1. The van der Waals surface area contributed by atoms with Gasteiger partial charge in [-0.15, -0.1) is 0 Å². The van der Waals surface area contributed by atoms with E-state index in [1.165, 1.54) is 7.11 Å². The third-order valence-corrected chi connectivity index (χ3v) is 2.72. The molecule has 0 aromatic heterocycles. The molecule has 0 spiro atoms. The Labute approximate surface area is 89.8 Å². The van der Waals surface area contributed by atoms with Gasteiger partial charge in [0.15, 0.2) is 0 Å². The summed E-state index contributed by atoms with van der Waals surface area (Å²) in [5.74, 6) is -0.437. The molecule has 86 valence electrons. The molecule has 1 aliphatic heterocycles. The van der Waals surface area contributed by atoms with Crippen molar-refractivity contribution in [3.63, 3.8) is 0 Å². The lowest BCUT2D eigenvalue weighted by atomic mass is 9.99. The van der Waals surface area contributed by atoms with E-state index < -0.39 is 11.6 Å². The highest BCUT2D eigenvalue weighted by molar-refractivity contribution is 5.90. The Kier molecular flexibility index (Phi) is 3.34. The van der Waals surface area contributed by atoms with E-state index in [0.29, 0.717) is 13.1 Å². The fraction of sp³-hybridized carbons (Fsp3) is 0.800. The lowest BCUT2D eigenvalue weighted by molar-refractivity contribution is -0.156. The Morgan fingerprint density at radius 2 is 2.20 bits per heavy atom. The standard InChI is InChI=1S/C10H18N2O3/c1-7(8(13)15-4)12-6-5-11-10(2,3)9(12)14/h7,11H,5-6H2,1-4H3. The van der Waals surface area contributed by atoms with Crippen molar-refractivity contribution < 1.29 is 14.3 Å². The van der Waals surface area contributed by atoms with Gasteiger partial charge >= 0.3 is 5.97 Å². The van der Waals surface area contributed by atoms with Crippen LogP contribution in [0.5, 0.6) is 0 Å². The first-order chi connectivity index (χ1) is 6.90. The molecular weight excluding hydrogens is 196 g/mol. The van der Waals surface area contributed by atoms with Gasteiger partial charge in [-0.1, -0.05) is 0 Å². The molecule has 1 saturated heterocycles. The predicted octanol–water partition coefficient (Wildman–Crippen LogP) is -0.242. The van der Waals surface area contributed by atoms with Crippen LogP contribution >= 0.6 is 0 Å². The molecular formula is C10H18N2O3. The van der Waals surface area contributed by atoms with Crippen molar-refractivity contribution in [1.82, 2.24) is 10.2 Å². The average Bonchev–Trinajstić information content (AvgIpc) is 2.20. The Bertz CT molecular complexity index is 276. The van der Waals surface area contributed by atoms with Crippen molar-refractivity contribution in [2.24, 2.45) is 0 Å². The highest BCUT2D eigenvalue weighted by Crippen LogP contribution is 2.15. The zero-order valence-corrected chi connectivity index (χ0v) is 9.66. The van der Waals surface area contributed by atoms with Crippen LogP contribution in [0.2, 0.25) is 0 Å². The number of methoxy groups -OCH3 is 1. The zero-order chi connectivity index (χ0) is 11.6. The molecule has 5 nitrogen and oxygen atoms in total. The number of hydrogen-bond donors (Lipinski definition) is 1. The van der Waals surface area contributed by atoms with E-state index in [2.05, 4.69) is 10.1 Å². The second-order valence-electron chi connectivity index (χ2n) is 4.25. The molecule has 1 N–H and O–H groups in total. The number of piperazine rings is 1. The first-order valence-corrected chi connectivity index (χ1v) is 5.04. The van der Waals surface area contributed by atoms with Gasteiger partial charge in [-0.3, -0.25) is 4.79 Å². The molecule has 0 aromatic rings. The van der Waals surface area contributed by atoms with Crippen LogP contribution in [-0.2, 0) is 14.3 Å². The van der Waals surface area contributed by atoms with Crippen LogP contribution in [0.25, 0.3) is 0 Å². The van der Waals surface area contributed by atoms with E-state index in [-0.39, 0.29) is 11.9 Å². The van der Waals surface area contributed by atoms with Gasteiger partial charge in [-0.05, 0) is 20.8 Å².